The average molecular weight is 303 g/mol. The summed E-state index contributed by atoms with van der Waals surface area (Å²) in [5.74, 6) is -0.112. The van der Waals surface area contributed by atoms with Crippen LogP contribution in [0.5, 0.6) is 0 Å². The van der Waals surface area contributed by atoms with Crippen LogP contribution in [0.25, 0.3) is 0 Å². The highest BCUT2D eigenvalue weighted by Gasteiger charge is 2.35. The van der Waals surface area contributed by atoms with Crippen LogP contribution in [0.1, 0.15) is 51.1 Å². The van der Waals surface area contributed by atoms with Crippen molar-refractivity contribution in [3.05, 3.63) is 18.0 Å². The highest BCUT2D eigenvalue weighted by molar-refractivity contribution is 5.79. The molecule has 0 bridgehead atoms. The fourth-order valence-electron chi connectivity index (χ4n) is 2.86. The van der Waals surface area contributed by atoms with Crippen molar-refractivity contribution >= 4 is 5.91 Å². The van der Waals surface area contributed by atoms with Gasteiger partial charge < -0.3 is 10.6 Å². The van der Waals surface area contributed by atoms with Crippen molar-refractivity contribution in [2.45, 2.75) is 64.1 Å². The third-order valence-electron chi connectivity index (χ3n) is 4.51. The van der Waals surface area contributed by atoms with Crippen molar-refractivity contribution < 1.29 is 4.79 Å². The van der Waals surface area contributed by atoms with Gasteiger partial charge in [0.25, 0.3) is 0 Å². The lowest BCUT2D eigenvalue weighted by Gasteiger charge is -2.24. The van der Waals surface area contributed by atoms with Crippen molar-refractivity contribution in [3.63, 3.8) is 0 Å². The quantitative estimate of drug-likeness (QED) is 0.837. The number of carbonyl (C=O) groups excluding carboxylic acids is 1. The summed E-state index contributed by atoms with van der Waals surface area (Å²) in [7, 11) is 0. The van der Waals surface area contributed by atoms with Crippen LogP contribution in [0.15, 0.2) is 12.4 Å². The number of rotatable bonds is 6. The van der Waals surface area contributed by atoms with E-state index in [2.05, 4.69) is 28.7 Å². The molecule has 0 aliphatic heterocycles. The Balaban J connectivity index is 1.82. The van der Waals surface area contributed by atoms with Gasteiger partial charge in [-0.25, -0.2) is 0 Å². The maximum Gasteiger partial charge on any atom is 0.235 e. The zero-order valence-corrected chi connectivity index (χ0v) is 13.6. The van der Waals surface area contributed by atoms with Gasteiger partial charge in [-0.2, -0.15) is 10.4 Å². The molecule has 0 spiro atoms. The largest absolute Gasteiger partial charge is 0.337 e. The molecule has 1 fully saturated rings. The van der Waals surface area contributed by atoms with E-state index >= 15 is 0 Å². The van der Waals surface area contributed by atoms with Crippen molar-refractivity contribution in [3.8, 4) is 6.07 Å². The standard InChI is InChI=1S/C16H25N5O/c1-12-8-19-21(10-12)14(3)13(2)18-9-15(22)20-16(11-17)6-4-5-7-16/h8,10,13-14,18H,4-7,9H2,1-3H3,(H,20,22)/t13-,14-/m1/s1. The molecule has 0 radical (unpaired) electrons. The molecule has 1 saturated carbocycles. The van der Waals surface area contributed by atoms with Crippen LogP contribution in [0.2, 0.25) is 0 Å². The second-order valence-electron chi connectivity index (χ2n) is 6.36. The van der Waals surface area contributed by atoms with Gasteiger partial charge in [0.05, 0.1) is 24.9 Å². The molecular weight excluding hydrogens is 278 g/mol. The highest BCUT2D eigenvalue weighted by atomic mass is 16.2. The topological polar surface area (TPSA) is 82.7 Å². The Morgan fingerprint density at radius 2 is 2.18 bits per heavy atom. The van der Waals surface area contributed by atoms with Gasteiger partial charge in [0.2, 0.25) is 5.91 Å². The Morgan fingerprint density at radius 3 is 2.73 bits per heavy atom. The van der Waals surface area contributed by atoms with E-state index in [0.29, 0.717) is 0 Å². The zero-order valence-electron chi connectivity index (χ0n) is 13.6. The summed E-state index contributed by atoms with van der Waals surface area (Å²) < 4.78 is 1.90. The van der Waals surface area contributed by atoms with Crippen LogP contribution in [-0.4, -0.2) is 33.8 Å². The molecule has 1 aliphatic rings. The first-order valence-electron chi connectivity index (χ1n) is 7.92. The minimum absolute atomic E-state index is 0.103. The minimum atomic E-state index is -0.646. The number of hydrogen-bond acceptors (Lipinski definition) is 4. The van der Waals surface area contributed by atoms with Crippen LogP contribution < -0.4 is 10.6 Å². The van der Waals surface area contributed by atoms with E-state index in [-0.39, 0.29) is 24.5 Å². The average Bonchev–Trinajstić information content (AvgIpc) is 3.13. The number of aromatic nitrogens is 2. The highest BCUT2D eigenvalue weighted by Crippen LogP contribution is 2.28. The predicted octanol–water partition coefficient (Wildman–Crippen LogP) is 1.68. The third-order valence-corrected chi connectivity index (χ3v) is 4.51. The molecule has 2 rings (SSSR count). The number of nitrogens with zero attached hydrogens (tertiary/aromatic N) is 3. The van der Waals surface area contributed by atoms with Gasteiger partial charge in [-0.15, -0.1) is 0 Å². The van der Waals surface area contributed by atoms with Crippen LogP contribution in [0.4, 0.5) is 0 Å². The van der Waals surface area contributed by atoms with Crippen molar-refractivity contribution in [2.24, 2.45) is 0 Å². The second kappa shape index (κ2) is 6.93. The molecule has 1 heterocycles. The second-order valence-corrected chi connectivity index (χ2v) is 6.36. The summed E-state index contributed by atoms with van der Waals surface area (Å²) in [5, 5.41) is 19.7. The first kappa shape index (κ1) is 16.5. The van der Waals surface area contributed by atoms with E-state index in [9.17, 15) is 10.1 Å². The SMILES string of the molecule is Cc1cnn([C@H](C)[C@@H](C)NCC(=O)NC2(C#N)CCCC2)c1. The van der Waals surface area contributed by atoms with Crippen molar-refractivity contribution in [1.29, 1.82) is 5.26 Å². The number of hydrogen-bond donors (Lipinski definition) is 2. The maximum absolute atomic E-state index is 12.1. The Labute approximate surface area is 131 Å². The normalized spacial score (nSPS) is 19.4. The van der Waals surface area contributed by atoms with Gasteiger partial charge in [0.15, 0.2) is 0 Å². The van der Waals surface area contributed by atoms with Crippen LogP contribution in [0.3, 0.4) is 0 Å². The van der Waals surface area contributed by atoms with E-state index in [1.807, 2.05) is 30.9 Å². The Hall–Kier alpha value is -1.87. The van der Waals surface area contributed by atoms with Gasteiger partial charge in [0.1, 0.15) is 5.54 Å². The van der Waals surface area contributed by atoms with Crippen molar-refractivity contribution in [1.82, 2.24) is 20.4 Å². The molecule has 0 aromatic carbocycles. The summed E-state index contributed by atoms with van der Waals surface area (Å²) in [5.41, 5.74) is 0.473. The fourth-order valence-corrected chi connectivity index (χ4v) is 2.86. The molecule has 1 aliphatic carbocycles. The first-order valence-corrected chi connectivity index (χ1v) is 7.92. The van der Waals surface area contributed by atoms with Crippen LogP contribution in [-0.2, 0) is 4.79 Å². The monoisotopic (exact) mass is 303 g/mol. The van der Waals surface area contributed by atoms with E-state index in [1.54, 1.807) is 0 Å². The molecule has 1 amide bonds. The molecule has 0 unspecified atom stereocenters. The number of nitriles is 1. The molecule has 2 N–H and O–H groups in total. The molecule has 120 valence electrons. The number of amides is 1. The van der Waals surface area contributed by atoms with E-state index < -0.39 is 5.54 Å². The lowest BCUT2D eigenvalue weighted by atomic mass is 10.00. The molecule has 22 heavy (non-hydrogen) atoms. The van der Waals surface area contributed by atoms with Gasteiger partial charge >= 0.3 is 0 Å². The third kappa shape index (κ3) is 3.86. The fraction of sp³-hybridized carbons (Fsp3) is 0.688. The molecule has 0 saturated heterocycles. The van der Waals surface area contributed by atoms with Gasteiger partial charge in [-0.05, 0) is 52.0 Å². The molecule has 1 aromatic rings. The lowest BCUT2D eigenvalue weighted by molar-refractivity contribution is -0.121. The van der Waals surface area contributed by atoms with Crippen molar-refractivity contribution in [2.75, 3.05) is 6.54 Å². The molecule has 6 heteroatoms. The van der Waals surface area contributed by atoms with E-state index in [4.69, 9.17) is 0 Å². The van der Waals surface area contributed by atoms with Gasteiger partial charge in [-0.1, -0.05) is 0 Å². The Kier molecular flexibility index (Phi) is 5.19. The molecular formula is C16H25N5O. The van der Waals surface area contributed by atoms with Crippen LogP contribution >= 0.6 is 0 Å². The summed E-state index contributed by atoms with van der Waals surface area (Å²) >= 11 is 0. The number of aryl methyl sites for hydroxylation is 1. The summed E-state index contributed by atoms with van der Waals surface area (Å²) in [6.45, 7) is 6.32. The van der Waals surface area contributed by atoms with E-state index in [0.717, 1.165) is 31.2 Å². The number of nitrogens with one attached hydrogen (secondary N) is 2. The van der Waals surface area contributed by atoms with E-state index in [1.165, 1.54) is 0 Å². The number of carbonyl (C=O) groups is 1. The smallest absolute Gasteiger partial charge is 0.235 e. The Morgan fingerprint density at radius 1 is 1.50 bits per heavy atom. The molecule has 2 atom stereocenters. The molecule has 6 nitrogen and oxygen atoms in total. The molecule has 1 aromatic heterocycles. The zero-order chi connectivity index (χ0) is 16.2. The minimum Gasteiger partial charge on any atom is -0.337 e. The maximum atomic E-state index is 12.1. The van der Waals surface area contributed by atoms with Crippen LogP contribution in [0, 0.1) is 18.3 Å². The van der Waals surface area contributed by atoms with Gasteiger partial charge in [-0.3, -0.25) is 9.48 Å². The summed E-state index contributed by atoms with van der Waals surface area (Å²) in [6, 6.07) is 2.53. The predicted molar refractivity (Wildman–Crippen MR) is 84.1 cm³/mol. The first-order chi connectivity index (χ1) is 10.5. The summed E-state index contributed by atoms with van der Waals surface area (Å²) in [6.07, 6.45) is 7.35. The lowest BCUT2D eigenvalue weighted by Crippen LogP contribution is -2.49. The van der Waals surface area contributed by atoms with Gasteiger partial charge in [0, 0.05) is 12.2 Å². The Bertz CT molecular complexity index is 553. The summed E-state index contributed by atoms with van der Waals surface area (Å²) in [4.78, 5) is 12.1.